The van der Waals surface area contributed by atoms with E-state index < -0.39 is 16.8 Å². The lowest BCUT2D eigenvalue weighted by Gasteiger charge is -2.06. The number of nitrogens with one attached hydrogen (secondary N) is 2. The molecule has 0 aliphatic carbocycles. The van der Waals surface area contributed by atoms with Crippen molar-refractivity contribution in [3.63, 3.8) is 0 Å². The van der Waals surface area contributed by atoms with Gasteiger partial charge in [0.25, 0.3) is 5.91 Å². The smallest absolute Gasteiger partial charge is 0.355 e. The van der Waals surface area contributed by atoms with E-state index >= 15 is 0 Å². The third-order valence-electron chi connectivity index (χ3n) is 2.96. The molecule has 0 spiro atoms. The first-order valence-corrected chi connectivity index (χ1v) is 6.56. The van der Waals surface area contributed by atoms with Gasteiger partial charge < -0.3 is 20.5 Å². The van der Waals surface area contributed by atoms with Gasteiger partial charge >= 0.3 is 11.8 Å². The molecule has 23 heavy (non-hydrogen) atoms. The van der Waals surface area contributed by atoms with Crippen molar-refractivity contribution in [1.29, 1.82) is 0 Å². The SMILES string of the molecule is Cc1nc(CCNC(=O)c2cccnc2C(=O)O)c([N+](=O)[O-])[nH]1. The number of nitro groups is 1. The first kappa shape index (κ1) is 16.1. The number of aryl methyl sites for hydroxylation is 1. The van der Waals surface area contributed by atoms with E-state index in [0.29, 0.717) is 5.82 Å². The molecule has 2 aromatic heterocycles. The van der Waals surface area contributed by atoms with Crippen molar-refractivity contribution in [2.45, 2.75) is 13.3 Å². The van der Waals surface area contributed by atoms with E-state index in [1.165, 1.54) is 18.3 Å². The van der Waals surface area contributed by atoms with Crippen molar-refractivity contribution in [2.24, 2.45) is 0 Å². The molecule has 0 saturated carbocycles. The van der Waals surface area contributed by atoms with E-state index in [2.05, 4.69) is 20.3 Å². The topological polar surface area (TPSA) is 151 Å². The number of H-pyrrole nitrogens is 1. The molecule has 0 unspecified atom stereocenters. The predicted molar refractivity (Wildman–Crippen MR) is 77.2 cm³/mol. The summed E-state index contributed by atoms with van der Waals surface area (Å²) in [5.74, 6) is -1.75. The molecule has 3 N–H and O–H groups in total. The summed E-state index contributed by atoms with van der Waals surface area (Å²) in [5.41, 5.74) is -0.211. The van der Waals surface area contributed by atoms with Crippen molar-refractivity contribution >= 4 is 17.7 Å². The molecule has 0 atom stereocenters. The zero-order valence-electron chi connectivity index (χ0n) is 12.1. The third kappa shape index (κ3) is 3.67. The largest absolute Gasteiger partial charge is 0.476 e. The zero-order chi connectivity index (χ0) is 17.0. The van der Waals surface area contributed by atoms with Gasteiger partial charge in [-0.15, -0.1) is 0 Å². The summed E-state index contributed by atoms with van der Waals surface area (Å²) < 4.78 is 0. The Bertz CT molecular complexity index is 770. The number of aromatic carboxylic acids is 1. The van der Waals surface area contributed by atoms with Gasteiger partial charge in [-0.05, 0) is 17.1 Å². The predicted octanol–water partition coefficient (Wildman–Crippen LogP) is 0.692. The Morgan fingerprint density at radius 2 is 2.22 bits per heavy atom. The number of hydrogen-bond acceptors (Lipinski definition) is 6. The highest BCUT2D eigenvalue weighted by molar-refractivity contribution is 6.03. The Morgan fingerprint density at radius 3 is 2.87 bits per heavy atom. The average molecular weight is 319 g/mol. The standard InChI is InChI=1S/C13H13N5O5/c1-7-16-9(11(17-7)18(22)23)4-6-15-12(19)8-3-2-5-14-10(8)13(20)21/h2-3,5H,4,6H2,1H3,(H,15,19)(H,16,17)(H,20,21). The number of carboxylic acid groups (broad SMARTS) is 1. The van der Waals surface area contributed by atoms with Crippen LogP contribution < -0.4 is 5.32 Å². The second-order valence-electron chi connectivity index (χ2n) is 4.59. The maximum absolute atomic E-state index is 12.0. The molecule has 10 heteroatoms. The zero-order valence-corrected chi connectivity index (χ0v) is 12.1. The highest BCUT2D eigenvalue weighted by Crippen LogP contribution is 2.15. The monoisotopic (exact) mass is 319 g/mol. The molecule has 0 radical (unpaired) electrons. The van der Waals surface area contributed by atoms with Crippen molar-refractivity contribution in [3.8, 4) is 0 Å². The van der Waals surface area contributed by atoms with E-state index in [4.69, 9.17) is 5.11 Å². The van der Waals surface area contributed by atoms with Crippen LogP contribution in [0.15, 0.2) is 18.3 Å². The van der Waals surface area contributed by atoms with Crippen LogP contribution in [0.5, 0.6) is 0 Å². The number of rotatable bonds is 6. The molecule has 0 bridgehead atoms. The van der Waals surface area contributed by atoms with E-state index in [-0.39, 0.29) is 35.7 Å². The normalized spacial score (nSPS) is 10.3. The number of carbonyl (C=O) groups is 2. The van der Waals surface area contributed by atoms with Gasteiger partial charge in [0.2, 0.25) is 0 Å². The fourth-order valence-corrected chi connectivity index (χ4v) is 2.00. The van der Waals surface area contributed by atoms with Crippen LogP contribution in [0, 0.1) is 17.0 Å². The van der Waals surface area contributed by atoms with Crippen LogP contribution in [0.4, 0.5) is 5.82 Å². The van der Waals surface area contributed by atoms with Gasteiger partial charge in [-0.2, -0.15) is 0 Å². The Hall–Kier alpha value is -3.30. The molecule has 1 amide bonds. The fourth-order valence-electron chi connectivity index (χ4n) is 2.00. The summed E-state index contributed by atoms with van der Waals surface area (Å²) in [6.45, 7) is 1.65. The number of carboxylic acids is 1. The molecule has 0 aliphatic heterocycles. The van der Waals surface area contributed by atoms with Crippen molar-refractivity contribution in [2.75, 3.05) is 6.54 Å². The summed E-state index contributed by atoms with van der Waals surface area (Å²) in [4.78, 5) is 43.4. The summed E-state index contributed by atoms with van der Waals surface area (Å²) in [7, 11) is 0. The number of imidazole rings is 1. The molecule has 2 rings (SSSR count). The highest BCUT2D eigenvalue weighted by atomic mass is 16.6. The summed E-state index contributed by atoms with van der Waals surface area (Å²) in [6.07, 6.45) is 1.41. The molecule has 120 valence electrons. The van der Waals surface area contributed by atoms with Gasteiger partial charge in [-0.1, -0.05) is 0 Å². The maximum Gasteiger partial charge on any atom is 0.355 e. The molecular formula is C13H13N5O5. The van der Waals surface area contributed by atoms with Crippen molar-refractivity contribution in [3.05, 3.63) is 51.2 Å². The minimum atomic E-state index is -1.31. The molecule has 0 aliphatic rings. The summed E-state index contributed by atoms with van der Waals surface area (Å²) in [6, 6.07) is 2.79. The maximum atomic E-state index is 12.0. The van der Waals surface area contributed by atoms with Crippen LogP contribution in [-0.2, 0) is 6.42 Å². The number of hydrogen-bond donors (Lipinski definition) is 3. The van der Waals surface area contributed by atoms with Gasteiger partial charge in [0, 0.05) is 26.1 Å². The number of amides is 1. The van der Waals surface area contributed by atoms with Gasteiger partial charge in [0.1, 0.15) is 5.69 Å². The number of aromatic nitrogens is 3. The van der Waals surface area contributed by atoms with Crippen LogP contribution in [0.2, 0.25) is 0 Å². The average Bonchev–Trinajstić information content (AvgIpc) is 2.88. The number of carbonyl (C=O) groups excluding carboxylic acids is 1. The Morgan fingerprint density at radius 1 is 1.48 bits per heavy atom. The van der Waals surface area contributed by atoms with Gasteiger partial charge in [0.15, 0.2) is 11.5 Å². The number of nitrogens with zero attached hydrogens (tertiary/aromatic N) is 3. The van der Waals surface area contributed by atoms with Crippen LogP contribution >= 0.6 is 0 Å². The molecule has 0 aromatic carbocycles. The van der Waals surface area contributed by atoms with E-state index in [1.54, 1.807) is 6.92 Å². The lowest BCUT2D eigenvalue weighted by Crippen LogP contribution is -2.28. The first-order chi connectivity index (χ1) is 10.9. The molecule has 2 heterocycles. The van der Waals surface area contributed by atoms with Crippen LogP contribution in [-0.4, -0.2) is 43.4 Å². The lowest BCUT2D eigenvalue weighted by atomic mass is 10.1. The van der Waals surface area contributed by atoms with Crippen LogP contribution in [0.3, 0.4) is 0 Å². The summed E-state index contributed by atoms with van der Waals surface area (Å²) in [5, 5.41) is 22.3. The number of pyridine rings is 1. The Labute approximate surface area is 129 Å². The lowest BCUT2D eigenvalue weighted by molar-refractivity contribution is -0.390. The second kappa shape index (κ2) is 6.64. The first-order valence-electron chi connectivity index (χ1n) is 6.56. The van der Waals surface area contributed by atoms with Crippen molar-refractivity contribution in [1.82, 2.24) is 20.3 Å². The van der Waals surface area contributed by atoms with Gasteiger partial charge in [-0.3, -0.25) is 4.79 Å². The molecule has 2 aromatic rings. The van der Waals surface area contributed by atoms with Crippen molar-refractivity contribution < 1.29 is 19.6 Å². The molecule has 0 fully saturated rings. The summed E-state index contributed by atoms with van der Waals surface area (Å²) >= 11 is 0. The highest BCUT2D eigenvalue weighted by Gasteiger charge is 2.19. The Kier molecular flexibility index (Phi) is 4.64. The quantitative estimate of drug-likeness (QED) is 0.523. The second-order valence-corrected chi connectivity index (χ2v) is 4.59. The van der Waals surface area contributed by atoms with E-state index in [9.17, 15) is 19.7 Å². The molecule has 10 nitrogen and oxygen atoms in total. The van der Waals surface area contributed by atoms with E-state index in [1.807, 2.05) is 0 Å². The fraction of sp³-hybridized carbons (Fsp3) is 0.231. The van der Waals surface area contributed by atoms with Crippen LogP contribution in [0.1, 0.15) is 32.4 Å². The number of aromatic amines is 1. The van der Waals surface area contributed by atoms with Crippen LogP contribution in [0.25, 0.3) is 0 Å². The minimum Gasteiger partial charge on any atom is -0.476 e. The molecule has 0 saturated heterocycles. The van der Waals surface area contributed by atoms with E-state index in [0.717, 1.165) is 0 Å². The minimum absolute atomic E-state index is 0.0674. The Balaban J connectivity index is 2.04. The third-order valence-corrected chi connectivity index (χ3v) is 2.96. The van der Waals surface area contributed by atoms with Gasteiger partial charge in [0.05, 0.1) is 5.56 Å². The molecular weight excluding hydrogens is 306 g/mol. The van der Waals surface area contributed by atoms with Gasteiger partial charge in [-0.25, -0.2) is 19.7 Å².